The molecule has 0 aromatic carbocycles. The summed E-state index contributed by atoms with van der Waals surface area (Å²) in [5.74, 6) is -5.87. The van der Waals surface area contributed by atoms with Crippen LogP contribution in [0.5, 0.6) is 0 Å². The molecule has 8 unspecified atom stereocenters. The summed E-state index contributed by atoms with van der Waals surface area (Å²) in [4.78, 5) is 67.1. The van der Waals surface area contributed by atoms with Gasteiger partial charge in [0.25, 0.3) is 33.7 Å². The van der Waals surface area contributed by atoms with Crippen LogP contribution in [0.15, 0.2) is 24.3 Å². The van der Waals surface area contributed by atoms with Crippen LogP contribution in [0.25, 0.3) is 0 Å². The van der Waals surface area contributed by atoms with Crippen molar-refractivity contribution in [1.29, 1.82) is 0 Å². The number of hydroxylamine groups is 4. The Hall–Kier alpha value is -3.06. The van der Waals surface area contributed by atoms with E-state index in [1.807, 2.05) is 24.3 Å². The maximum Gasteiger partial charge on any atom is 0.432 e. The third-order valence-corrected chi connectivity index (χ3v) is 8.92. The molecule has 2 saturated carbocycles. The Labute approximate surface area is 193 Å². The van der Waals surface area contributed by atoms with Crippen LogP contribution in [0, 0.1) is 47.3 Å². The molecule has 13 heteroatoms. The number of carbonyl (C=O) groups is 5. The van der Waals surface area contributed by atoms with E-state index in [2.05, 4.69) is 5.32 Å². The lowest BCUT2D eigenvalue weighted by Gasteiger charge is -2.17. The van der Waals surface area contributed by atoms with E-state index in [-0.39, 0.29) is 23.7 Å². The van der Waals surface area contributed by atoms with Crippen LogP contribution in [0.4, 0.5) is 4.79 Å². The van der Waals surface area contributed by atoms with E-state index in [0.29, 0.717) is 16.5 Å². The van der Waals surface area contributed by atoms with Crippen molar-refractivity contribution in [2.24, 2.45) is 47.3 Å². The van der Waals surface area contributed by atoms with Crippen LogP contribution in [-0.2, 0) is 38.4 Å². The smallest absolute Gasteiger partial charge is 0.319 e. The minimum absolute atomic E-state index is 0.0491. The molecular weight excluding hydrogens is 470 g/mol. The van der Waals surface area contributed by atoms with E-state index in [1.54, 1.807) is 0 Å². The molecule has 8 atom stereocenters. The van der Waals surface area contributed by atoms with E-state index >= 15 is 0 Å². The second-order valence-electron chi connectivity index (χ2n) is 9.58. The van der Waals surface area contributed by atoms with Gasteiger partial charge >= 0.3 is 6.09 Å². The molecule has 5 amide bonds. The maximum absolute atomic E-state index is 12.6. The molecule has 180 valence electrons. The minimum atomic E-state index is -4.40. The number of rotatable bonds is 6. The molecule has 2 heterocycles. The van der Waals surface area contributed by atoms with Crippen molar-refractivity contribution < 1.29 is 41.5 Å². The molecule has 0 spiro atoms. The first-order chi connectivity index (χ1) is 16.2. The first-order valence-corrected chi connectivity index (χ1v) is 12.7. The summed E-state index contributed by atoms with van der Waals surface area (Å²) in [7, 11) is -4.40. The molecule has 2 aliphatic heterocycles. The van der Waals surface area contributed by atoms with Gasteiger partial charge in [-0.25, -0.2) is 4.79 Å². The predicted molar refractivity (Wildman–Crippen MR) is 108 cm³/mol. The SMILES string of the molecule is O=C(NCCS(=O)(=O)ON1C(=O)C2C3C=CC(C3)C2C1=O)ON1C(=O)C2C3C=CC(C3)C2C1=O. The first kappa shape index (κ1) is 21.5. The van der Waals surface area contributed by atoms with Crippen LogP contribution in [-0.4, -0.2) is 60.6 Å². The van der Waals surface area contributed by atoms with Gasteiger partial charge in [-0.05, 0) is 36.5 Å². The number of fused-ring (bicyclic) bond motifs is 10. The fourth-order valence-corrected chi connectivity index (χ4v) is 7.26. The first-order valence-electron chi connectivity index (χ1n) is 11.2. The molecule has 4 fully saturated rings. The van der Waals surface area contributed by atoms with Crippen molar-refractivity contribution >= 4 is 39.8 Å². The Morgan fingerprint density at radius 3 is 1.65 bits per heavy atom. The normalized spacial score (nSPS) is 38.9. The maximum atomic E-state index is 12.6. The third-order valence-electron chi connectivity index (χ3n) is 7.84. The van der Waals surface area contributed by atoms with Crippen LogP contribution in [0.1, 0.15) is 12.8 Å². The number of hydrogen-bond donors (Lipinski definition) is 1. The van der Waals surface area contributed by atoms with Crippen molar-refractivity contribution in [3.63, 3.8) is 0 Å². The lowest BCUT2D eigenvalue weighted by molar-refractivity contribution is -0.174. The van der Waals surface area contributed by atoms with Gasteiger partial charge in [0.05, 0.1) is 29.4 Å². The standard InChI is InChI=1S/C21H21N3O9S/c25-17-13-9-1-2-10(7-9)14(13)18(26)23(17)32-21(29)22-5-6-34(30,31)33-24-19(27)15-11-3-4-12(8-11)16(15)20(24)28/h1-4,9-16H,5-8H2,(H,22,29). The van der Waals surface area contributed by atoms with E-state index in [1.165, 1.54) is 0 Å². The van der Waals surface area contributed by atoms with Crippen LogP contribution >= 0.6 is 0 Å². The molecule has 0 radical (unpaired) electrons. The highest BCUT2D eigenvalue weighted by Crippen LogP contribution is 2.53. The second-order valence-corrected chi connectivity index (χ2v) is 11.3. The molecule has 6 rings (SSSR count). The van der Waals surface area contributed by atoms with E-state index in [9.17, 15) is 32.4 Å². The van der Waals surface area contributed by atoms with Crippen LogP contribution in [0.2, 0.25) is 0 Å². The van der Waals surface area contributed by atoms with Gasteiger partial charge < -0.3 is 10.2 Å². The van der Waals surface area contributed by atoms with Gasteiger partial charge in [0, 0.05) is 6.54 Å². The Bertz CT molecular complexity index is 1130. The largest absolute Gasteiger partial charge is 0.432 e. The van der Waals surface area contributed by atoms with Crippen LogP contribution < -0.4 is 5.32 Å². The molecule has 6 aliphatic rings. The molecular formula is C21H21N3O9S. The Balaban J connectivity index is 1.01. The van der Waals surface area contributed by atoms with Crippen molar-refractivity contribution in [2.75, 3.05) is 12.3 Å². The van der Waals surface area contributed by atoms with Crippen LogP contribution in [0.3, 0.4) is 0 Å². The van der Waals surface area contributed by atoms with E-state index in [0.717, 1.165) is 6.42 Å². The molecule has 0 aromatic heterocycles. The lowest BCUT2D eigenvalue weighted by atomic mass is 9.85. The zero-order valence-corrected chi connectivity index (χ0v) is 18.6. The molecule has 0 aromatic rings. The zero-order chi connectivity index (χ0) is 23.9. The van der Waals surface area contributed by atoms with Gasteiger partial charge in [0.2, 0.25) is 0 Å². The van der Waals surface area contributed by atoms with Crippen molar-refractivity contribution in [1.82, 2.24) is 15.4 Å². The number of carbonyl (C=O) groups excluding carboxylic acids is 5. The molecule has 4 aliphatic carbocycles. The highest BCUT2D eigenvalue weighted by molar-refractivity contribution is 7.86. The Morgan fingerprint density at radius 1 is 0.794 bits per heavy atom. The van der Waals surface area contributed by atoms with Gasteiger partial charge in [-0.15, -0.1) is 14.4 Å². The fraction of sp³-hybridized carbons (Fsp3) is 0.571. The summed E-state index contributed by atoms with van der Waals surface area (Å²) in [6.07, 6.45) is 7.78. The van der Waals surface area contributed by atoms with Crippen molar-refractivity contribution in [3.05, 3.63) is 24.3 Å². The number of allylic oxidation sites excluding steroid dienone is 4. The number of nitrogens with one attached hydrogen (secondary N) is 1. The number of nitrogens with zero attached hydrogens (tertiary/aromatic N) is 2. The van der Waals surface area contributed by atoms with Gasteiger partial charge in [-0.1, -0.05) is 24.3 Å². The summed E-state index contributed by atoms with van der Waals surface area (Å²) < 4.78 is 29.4. The van der Waals surface area contributed by atoms with E-state index in [4.69, 9.17) is 9.12 Å². The number of imide groups is 2. The Kier molecular flexibility index (Phi) is 4.56. The summed E-state index contributed by atoms with van der Waals surface area (Å²) in [5.41, 5.74) is 0. The highest BCUT2D eigenvalue weighted by Gasteiger charge is 2.62. The van der Waals surface area contributed by atoms with Gasteiger partial charge in [0.15, 0.2) is 0 Å². The summed E-state index contributed by atoms with van der Waals surface area (Å²) in [6.45, 7) is -0.493. The quantitative estimate of drug-likeness (QED) is 0.382. The molecule has 2 saturated heterocycles. The van der Waals surface area contributed by atoms with Gasteiger partial charge in [-0.3, -0.25) is 19.2 Å². The molecule has 4 bridgehead atoms. The molecule has 34 heavy (non-hydrogen) atoms. The number of amides is 5. The van der Waals surface area contributed by atoms with Gasteiger partial charge in [-0.2, -0.15) is 8.42 Å². The molecule has 1 N–H and O–H groups in total. The zero-order valence-electron chi connectivity index (χ0n) is 17.7. The minimum Gasteiger partial charge on any atom is -0.319 e. The van der Waals surface area contributed by atoms with E-state index < -0.39 is 75.8 Å². The topological polar surface area (TPSA) is 156 Å². The molecule has 12 nitrogen and oxygen atoms in total. The average molecular weight is 491 g/mol. The van der Waals surface area contributed by atoms with Gasteiger partial charge in [0.1, 0.15) is 0 Å². The number of hydrogen-bond acceptors (Lipinski definition) is 9. The monoisotopic (exact) mass is 491 g/mol. The summed E-state index contributed by atoms with van der Waals surface area (Å²) in [5, 5.41) is 2.91. The second kappa shape index (κ2) is 7.22. The highest BCUT2D eigenvalue weighted by atomic mass is 32.2. The summed E-state index contributed by atoms with van der Waals surface area (Å²) >= 11 is 0. The lowest BCUT2D eigenvalue weighted by Crippen LogP contribution is -2.41. The average Bonchev–Trinajstić information content (AvgIpc) is 3.61. The predicted octanol–water partition coefficient (Wildman–Crippen LogP) is -0.497. The Morgan fingerprint density at radius 2 is 1.21 bits per heavy atom. The van der Waals surface area contributed by atoms with Crippen molar-refractivity contribution in [3.8, 4) is 0 Å². The third kappa shape index (κ3) is 2.99. The summed E-state index contributed by atoms with van der Waals surface area (Å²) in [6, 6.07) is 0. The fourth-order valence-electron chi connectivity index (χ4n) is 6.46. The van der Waals surface area contributed by atoms with Crippen molar-refractivity contribution in [2.45, 2.75) is 12.8 Å².